The van der Waals surface area contributed by atoms with E-state index in [0.717, 1.165) is 17.5 Å². The van der Waals surface area contributed by atoms with Gasteiger partial charge in [0.2, 0.25) is 10.0 Å². The molecule has 0 aliphatic carbocycles. The summed E-state index contributed by atoms with van der Waals surface area (Å²) in [4.78, 5) is 11.7. The quantitative estimate of drug-likeness (QED) is 0.613. The van der Waals surface area contributed by atoms with E-state index in [1.165, 1.54) is 0 Å². The van der Waals surface area contributed by atoms with Gasteiger partial charge in [0.25, 0.3) is 5.91 Å². The molecule has 0 bridgehead atoms. The third-order valence-electron chi connectivity index (χ3n) is 3.32. The Labute approximate surface area is 149 Å². The fourth-order valence-electron chi connectivity index (χ4n) is 2.00. The number of aryl methyl sites for hydroxylation is 2. The van der Waals surface area contributed by atoms with Crippen LogP contribution in [-0.2, 0) is 14.8 Å². The zero-order chi connectivity index (χ0) is 18.2. The van der Waals surface area contributed by atoms with Gasteiger partial charge in [-0.2, -0.15) is 0 Å². The Balaban J connectivity index is 2.30. The van der Waals surface area contributed by atoms with Crippen LogP contribution in [0, 0.1) is 13.8 Å². The molecule has 0 atom stereocenters. The number of nitrogens with one attached hydrogen (secondary N) is 2. The van der Waals surface area contributed by atoms with E-state index >= 15 is 0 Å². The fraction of sp³-hybridized carbons (Fsp3) is 0.562. The maximum atomic E-state index is 11.7. The topological polar surface area (TPSA) is 84.5 Å². The van der Waals surface area contributed by atoms with Gasteiger partial charge in [0.15, 0.2) is 6.61 Å². The number of amides is 1. The molecule has 1 aromatic rings. The molecule has 0 saturated carbocycles. The summed E-state index contributed by atoms with van der Waals surface area (Å²) in [5.41, 5.74) is 1.77. The van der Waals surface area contributed by atoms with Crippen LogP contribution in [-0.4, -0.2) is 39.8 Å². The van der Waals surface area contributed by atoms with Crippen molar-refractivity contribution < 1.29 is 17.9 Å². The van der Waals surface area contributed by atoms with Crippen molar-refractivity contribution >= 4 is 27.5 Å². The Hall–Kier alpha value is -1.31. The van der Waals surface area contributed by atoms with E-state index in [1.54, 1.807) is 12.1 Å². The summed E-state index contributed by atoms with van der Waals surface area (Å²) < 4.78 is 31.0. The van der Waals surface area contributed by atoms with Gasteiger partial charge in [-0.3, -0.25) is 4.79 Å². The smallest absolute Gasteiger partial charge is 0.257 e. The van der Waals surface area contributed by atoms with Crippen molar-refractivity contribution in [2.75, 3.05) is 25.4 Å². The van der Waals surface area contributed by atoms with Gasteiger partial charge in [-0.05, 0) is 43.5 Å². The maximum absolute atomic E-state index is 11.7. The predicted octanol–water partition coefficient (Wildman–Crippen LogP) is 2.17. The van der Waals surface area contributed by atoms with Gasteiger partial charge < -0.3 is 10.1 Å². The van der Waals surface area contributed by atoms with Crippen molar-refractivity contribution in [3.05, 3.63) is 28.3 Å². The second kappa shape index (κ2) is 9.86. The highest BCUT2D eigenvalue weighted by molar-refractivity contribution is 7.89. The van der Waals surface area contributed by atoms with E-state index in [4.69, 9.17) is 16.3 Å². The van der Waals surface area contributed by atoms with E-state index in [9.17, 15) is 13.2 Å². The van der Waals surface area contributed by atoms with Crippen LogP contribution in [0.3, 0.4) is 0 Å². The highest BCUT2D eigenvalue weighted by Gasteiger charge is 2.09. The minimum Gasteiger partial charge on any atom is -0.484 e. The van der Waals surface area contributed by atoms with Crippen molar-refractivity contribution in [1.29, 1.82) is 0 Å². The first-order valence-electron chi connectivity index (χ1n) is 7.88. The fourth-order valence-corrected chi connectivity index (χ4v) is 3.34. The Kier molecular flexibility index (Phi) is 8.52. The van der Waals surface area contributed by atoms with Gasteiger partial charge in [0.1, 0.15) is 5.75 Å². The van der Waals surface area contributed by atoms with Gasteiger partial charge in [-0.25, -0.2) is 13.1 Å². The minimum atomic E-state index is -3.26. The molecule has 1 rings (SSSR count). The monoisotopic (exact) mass is 376 g/mol. The molecule has 0 heterocycles. The molecule has 0 aromatic heterocycles. The molecule has 0 aliphatic heterocycles. The Bertz CT molecular complexity index is 639. The normalized spacial score (nSPS) is 11.3. The highest BCUT2D eigenvalue weighted by atomic mass is 35.5. The maximum Gasteiger partial charge on any atom is 0.257 e. The number of benzene rings is 1. The Morgan fingerprint density at radius 3 is 2.42 bits per heavy atom. The van der Waals surface area contributed by atoms with Gasteiger partial charge in [0, 0.05) is 18.1 Å². The van der Waals surface area contributed by atoms with Gasteiger partial charge in [-0.15, -0.1) is 0 Å². The molecular formula is C16H25ClN2O4S. The number of hydrogen-bond acceptors (Lipinski definition) is 4. The number of hydrogen-bond donors (Lipinski definition) is 2. The highest BCUT2D eigenvalue weighted by Crippen LogP contribution is 2.25. The molecule has 0 fully saturated rings. The third kappa shape index (κ3) is 7.51. The first kappa shape index (κ1) is 20.7. The van der Waals surface area contributed by atoms with Crippen molar-refractivity contribution in [2.45, 2.75) is 33.6 Å². The van der Waals surface area contributed by atoms with E-state index in [1.807, 2.05) is 20.8 Å². The standard InChI is InChI=1S/C16H25ClN2O4S/c1-4-5-8-24(21,22)19-7-6-18-15(20)11-23-14-9-12(2)16(17)13(3)10-14/h9-10,19H,4-8,11H2,1-3H3,(H,18,20). The summed E-state index contributed by atoms with van der Waals surface area (Å²) in [6.45, 7) is 5.91. The van der Waals surface area contributed by atoms with E-state index < -0.39 is 10.0 Å². The lowest BCUT2D eigenvalue weighted by Crippen LogP contribution is -2.37. The van der Waals surface area contributed by atoms with Gasteiger partial charge in [0.05, 0.1) is 5.75 Å². The number of carbonyl (C=O) groups excluding carboxylic acids is 1. The molecule has 0 saturated heterocycles. The van der Waals surface area contributed by atoms with Crippen molar-refractivity contribution in [3.8, 4) is 5.75 Å². The van der Waals surface area contributed by atoms with Crippen LogP contribution in [0.25, 0.3) is 0 Å². The van der Waals surface area contributed by atoms with Crippen LogP contribution < -0.4 is 14.8 Å². The number of halogens is 1. The summed E-state index contributed by atoms with van der Waals surface area (Å²) >= 11 is 6.07. The summed E-state index contributed by atoms with van der Waals surface area (Å²) in [6.07, 6.45) is 1.44. The van der Waals surface area contributed by atoms with Crippen LogP contribution in [0.2, 0.25) is 5.02 Å². The number of carbonyl (C=O) groups is 1. The number of unbranched alkanes of at least 4 members (excludes halogenated alkanes) is 1. The number of sulfonamides is 1. The van der Waals surface area contributed by atoms with Crippen LogP contribution >= 0.6 is 11.6 Å². The lowest BCUT2D eigenvalue weighted by atomic mass is 10.1. The molecule has 0 spiro atoms. The lowest BCUT2D eigenvalue weighted by molar-refractivity contribution is -0.123. The number of ether oxygens (including phenoxy) is 1. The van der Waals surface area contributed by atoms with Gasteiger partial charge in [-0.1, -0.05) is 24.9 Å². The molecule has 24 heavy (non-hydrogen) atoms. The van der Waals surface area contributed by atoms with Gasteiger partial charge >= 0.3 is 0 Å². The second-order valence-corrected chi connectivity index (χ2v) is 7.88. The minimum absolute atomic E-state index is 0.107. The average Bonchev–Trinajstić information content (AvgIpc) is 2.52. The third-order valence-corrected chi connectivity index (χ3v) is 5.38. The lowest BCUT2D eigenvalue weighted by Gasteiger charge is -2.11. The largest absolute Gasteiger partial charge is 0.484 e. The second-order valence-electron chi connectivity index (χ2n) is 5.58. The zero-order valence-electron chi connectivity index (χ0n) is 14.3. The van der Waals surface area contributed by atoms with Crippen molar-refractivity contribution in [1.82, 2.24) is 10.0 Å². The molecule has 1 aromatic carbocycles. The predicted molar refractivity (Wildman–Crippen MR) is 96.1 cm³/mol. The zero-order valence-corrected chi connectivity index (χ0v) is 15.9. The Morgan fingerprint density at radius 1 is 1.21 bits per heavy atom. The van der Waals surface area contributed by atoms with Crippen LogP contribution in [0.15, 0.2) is 12.1 Å². The average molecular weight is 377 g/mol. The summed E-state index contributed by atoms with van der Waals surface area (Å²) in [7, 11) is -3.26. The molecule has 6 nitrogen and oxygen atoms in total. The molecule has 0 radical (unpaired) electrons. The molecule has 2 N–H and O–H groups in total. The number of rotatable bonds is 10. The summed E-state index contributed by atoms with van der Waals surface area (Å²) in [5.74, 6) is 0.369. The van der Waals surface area contributed by atoms with Crippen LogP contribution in [0.4, 0.5) is 0 Å². The molecule has 0 unspecified atom stereocenters. The SMILES string of the molecule is CCCCS(=O)(=O)NCCNC(=O)COc1cc(C)c(Cl)c(C)c1. The Morgan fingerprint density at radius 2 is 1.83 bits per heavy atom. The van der Waals surface area contributed by atoms with E-state index in [0.29, 0.717) is 17.2 Å². The molecule has 136 valence electrons. The molecule has 1 amide bonds. The van der Waals surface area contributed by atoms with Crippen LogP contribution in [0.1, 0.15) is 30.9 Å². The molecular weight excluding hydrogens is 352 g/mol. The van der Waals surface area contributed by atoms with Crippen molar-refractivity contribution in [3.63, 3.8) is 0 Å². The van der Waals surface area contributed by atoms with E-state index in [-0.39, 0.29) is 31.4 Å². The first-order chi connectivity index (χ1) is 11.2. The van der Waals surface area contributed by atoms with E-state index in [2.05, 4.69) is 10.0 Å². The molecule has 8 heteroatoms. The summed E-state index contributed by atoms with van der Waals surface area (Å²) in [6, 6.07) is 3.54. The van der Waals surface area contributed by atoms with Crippen molar-refractivity contribution in [2.24, 2.45) is 0 Å². The van der Waals surface area contributed by atoms with Crippen LogP contribution in [0.5, 0.6) is 5.75 Å². The summed E-state index contributed by atoms with van der Waals surface area (Å²) in [5, 5.41) is 3.29. The first-order valence-corrected chi connectivity index (χ1v) is 9.91. The molecule has 0 aliphatic rings.